The van der Waals surface area contributed by atoms with Crippen LogP contribution in [-0.2, 0) is 0 Å². The molecule has 0 aromatic heterocycles. The quantitative estimate of drug-likeness (QED) is 0.666. The zero-order valence-corrected chi connectivity index (χ0v) is 12.0. The minimum absolute atomic E-state index is 0.156. The fourth-order valence-electron chi connectivity index (χ4n) is 1.84. The van der Waals surface area contributed by atoms with Gasteiger partial charge in [-0.05, 0) is 38.8 Å². The first-order valence-corrected chi connectivity index (χ1v) is 6.75. The van der Waals surface area contributed by atoms with Crippen LogP contribution < -0.4 is 10.1 Å². The molecule has 0 unspecified atom stereocenters. The van der Waals surface area contributed by atoms with Crippen molar-refractivity contribution in [2.75, 3.05) is 19.8 Å². The monoisotopic (exact) mass is 267 g/mol. The zero-order valence-electron chi connectivity index (χ0n) is 12.0. The molecule has 0 aliphatic carbocycles. The minimum atomic E-state index is -0.554. The molecule has 0 aliphatic rings. The van der Waals surface area contributed by atoms with Gasteiger partial charge in [-0.3, -0.25) is 0 Å². The molecule has 0 spiro atoms. The van der Waals surface area contributed by atoms with E-state index in [-0.39, 0.29) is 19.3 Å². The summed E-state index contributed by atoms with van der Waals surface area (Å²) in [4.78, 5) is 0. The van der Waals surface area contributed by atoms with Gasteiger partial charge < -0.3 is 20.3 Å². The number of aliphatic hydroxyl groups is 2. The molecule has 0 fully saturated rings. The van der Waals surface area contributed by atoms with Gasteiger partial charge >= 0.3 is 0 Å². The molecule has 4 nitrogen and oxygen atoms in total. The summed E-state index contributed by atoms with van der Waals surface area (Å²) in [6, 6.07) is 6.18. The molecular formula is C15H25NO3. The molecule has 2 atom stereocenters. The molecule has 0 heterocycles. The van der Waals surface area contributed by atoms with Crippen molar-refractivity contribution in [1.29, 1.82) is 0 Å². The Labute approximate surface area is 115 Å². The van der Waals surface area contributed by atoms with Crippen LogP contribution in [-0.4, -0.2) is 42.1 Å². The van der Waals surface area contributed by atoms with Gasteiger partial charge in [0.05, 0.1) is 0 Å². The average molecular weight is 267 g/mol. The van der Waals surface area contributed by atoms with Crippen LogP contribution >= 0.6 is 0 Å². The number of nitrogens with one attached hydrogen (secondary N) is 1. The van der Waals surface area contributed by atoms with Gasteiger partial charge in [0.1, 0.15) is 18.5 Å². The van der Waals surface area contributed by atoms with Crippen molar-refractivity contribution in [1.82, 2.24) is 5.32 Å². The molecule has 1 rings (SSSR count). The maximum absolute atomic E-state index is 9.82. The number of rotatable bonds is 8. The Kier molecular flexibility index (Phi) is 6.84. The molecule has 1 aromatic carbocycles. The molecule has 0 saturated heterocycles. The zero-order chi connectivity index (χ0) is 14.3. The number of benzene rings is 1. The molecular weight excluding hydrogens is 242 g/mol. The van der Waals surface area contributed by atoms with Crippen LogP contribution in [0.15, 0.2) is 18.2 Å². The number of ether oxygens (including phenoxy) is 1. The third-order valence-electron chi connectivity index (χ3n) is 3.03. The Morgan fingerprint density at radius 2 is 2.05 bits per heavy atom. The lowest BCUT2D eigenvalue weighted by molar-refractivity contribution is 0.102. The third-order valence-corrected chi connectivity index (χ3v) is 3.03. The van der Waals surface area contributed by atoms with Gasteiger partial charge in [-0.2, -0.15) is 0 Å². The van der Waals surface area contributed by atoms with E-state index in [1.165, 1.54) is 5.56 Å². The Bertz CT molecular complexity index is 382. The van der Waals surface area contributed by atoms with Crippen molar-refractivity contribution in [2.24, 2.45) is 0 Å². The van der Waals surface area contributed by atoms with Crippen LogP contribution in [0.2, 0.25) is 0 Å². The number of hydrogen-bond acceptors (Lipinski definition) is 4. The van der Waals surface area contributed by atoms with Gasteiger partial charge in [0.15, 0.2) is 0 Å². The van der Waals surface area contributed by atoms with Crippen LogP contribution in [0, 0.1) is 13.8 Å². The lowest BCUT2D eigenvalue weighted by Crippen LogP contribution is -2.37. The van der Waals surface area contributed by atoms with E-state index in [1.54, 1.807) is 0 Å². The predicted molar refractivity (Wildman–Crippen MR) is 76.6 cm³/mol. The fourth-order valence-corrected chi connectivity index (χ4v) is 1.84. The highest BCUT2D eigenvalue weighted by Crippen LogP contribution is 2.18. The lowest BCUT2D eigenvalue weighted by Gasteiger charge is -2.17. The van der Waals surface area contributed by atoms with Gasteiger partial charge in [0.2, 0.25) is 0 Å². The smallest absolute Gasteiger partial charge is 0.122 e. The standard InChI is InChI=1S/C15H25NO3/c1-11-4-5-15(12(2)8-11)19-10-14(18)9-16-13(3)6-7-17/h4-5,8,13-14,16-18H,6-7,9-10H2,1-3H3/t13-,14+/m0/s1. The molecule has 0 aliphatic heterocycles. The van der Waals surface area contributed by atoms with E-state index >= 15 is 0 Å². The van der Waals surface area contributed by atoms with E-state index in [9.17, 15) is 5.11 Å². The highest BCUT2D eigenvalue weighted by molar-refractivity contribution is 5.35. The van der Waals surface area contributed by atoms with Crippen molar-refractivity contribution in [3.05, 3.63) is 29.3 Å². The summed E-state index contributed by atoms with van der Waals surface area (Å²) in [5, 5.41) is 21.8. The van der Waals surface area contributed by atoms with Crippen molar-refractivity contribution >= 4 is 0 Å². The summed E-state index contributed by atoms with van der Waals surface area (Å²) in [6.07, 6.45) is 0.131. The van der Waals surface area contributed by atoms with Crippen LogP contribution in [0.5, 0.6) is 5.75 Å². The molecule has 0 saturated carbocycles. The molecule has 0 bridgehead atoms. The predicted octanol–water partition coefficient (Wildman–Crippen LogP) is 1.40. The number of hydrogen-bond donors (Lipinski definition) is 3. The van der Waals surface area contributed by atoms with Gasteiger partial charge in [0.25, 0.3) is 0 Å². The molecule has 3 N–H and O–H groups in total. The van der Waals surface area contributed by atoms with Crippen LogP contribution in [0.4, 0.5) is 0 Å². The summed E-state index contributed by atoms with van der Waals surface area (Å²) in [6.45, 7) is 6.90. The van der Waals surface area contributed by atoms with E-state index in [1.807, 2.05) is 32.9 Å². The Morgan fingerprint density at radius 1 is 1.32 bits per heavy atom. The lowest BCUT2D eigenvalue weighted by atomic mass is 10.1. The van der Waals surface area contributed by atoms with E-state index in [0.29, 0.717) is 13.0 Å². The van der Waals surface area contributed by atoms with Crippen LogP contribution in [0.25, 0.3) is 0 Å². The molecule has 4 heteroatoms. The first-order valence-electron chi connectivity index (χ1n) is 6.75. The summed E-state index contributed by atoms with van der Waals surface area (Å²) < 4.78 is 5.61. The van der Waals surface area contributed by atoms with Crippen LogP contribution in [0.1, 0.15) is 24.5 Å². The average Bonchev–Trinajstić information content (AvgIpc) is 2.35. The topological polar surface area (TPSA) is 61.7 Å². The van der Waals surface area contributed by atoms with E-state index < -0.39 is 6.10 Å². The Balaban J connectivity index is 2.31. The van der Waals surface area contributed by atoms with E-state index in [4.69, 9.17) is 9.84 Å². The summed E-state index contributed by atoms with van der Waals surface area (Å²) in [5.74, 6) is 0.813. The van der Waals surface area contributed by atoms with Crippen molar-refractivity contribution < 1.29 is 14.9 Å². The summed E-state index contributed by atoms with van der Waals surface area (Å²) in [5.41, 5.74) is 2.28. The van der Waals surface area contributed by atoms with Gasteiger partial charge in [-0.15, -0.1) is 0 Å². The number of aliphatic hydroxyl groups excluding tert-OH is 2. The highest BCUT2D eigenvalue weighted by atomic mass is 16.5. The van der Waals surface area contributed by atoms with Crippen molar-refractivity contribution in [2.45, 2.75) is 39.3 Å². The second kappa shape index (κ2) is 8.15. The molecule has 108 valence electrons. The second-order valence-electron chi connectivity index (χ2n) is 5.06. The van der Waals surface area contributed by atoms with Gasteiger partial charge in [-0.1, -0.05) is 17.7 Å². The van der Waals surface area contributed by atoms with Crippen molar-refractivity contribution in [3.8, 4) is 5.75 Å². The minimum Gasteiger partial charge on any atom is -0.491 e. The van der Waals surface area contributed by atoms with Gasteiger partial charge in [-0.25, -0.2) is 0 Å². The highest BCUT2D eigenvalue weighted by Gasteiger charge is 2.08. The SMILES string of the molecule is Cc1ccc(OC[C@H](O)CN[C@@H](C)CCO)c(C)c1. The van der Waals surface area contributed by atoms with Gasteiger partial charge in [0, 0.05) is 19.2 Å². The summed E-state index contributed by atoms with van der Waals surface area (Å²) in [7, 11) is 0. The second-order valence-corrected chi connectivity index (χ2v) is 5.06. The first-order chi connectivity index (χ1) is 9.02. The van der Waals surface area contributed by atoms with E-state index in [2.05, 4.69) is 11.4 Å². The Morgan fingerprint density at radius 3 is 2.68 bits per heavy atom. The maximum atomic E-state index is 9.82. The van der Waals surface area contributed by atoms with Crippen LogP contribution in [0.3, 0.4) is 0 Å². The maximum Gasteiger partial charge on any atom is 0.122 e. The van der Waals surface area contributed by atoms with Crippen molar-refractivity contribution in [3.63, 3.8) is 0 Å². The normalized spacial score (nSPS) is 14.2. The Hall–Kier alpha value is -1.10. The van der Waals surface area contributed by atoms with E-state index in [0.717, 1.165) is 11.3 Å². The molecule has 19 heavy (non-hydrogen) atoms. The third kappa shape index (κ3) is 6.05. The molecule has 0 radical (unpaired) electrons. The molecule has 0 amide bonds. The largest absolute Gasteiger partial charge is 0.491 e. The number of aryl methyl sites for hydroxylation is 2. The first kappa shape index (κ1) is 16.0. The fraction of sp³-hybridized carbons (Fsp3) is 0.600. The summed E-state index contributed by atoms with van der Waals surface area (Å²) >= 11 is 0. The molecule has 1 aromatic rings.